The first kappa shape index (κ1) is 12.7. The highest BCUT2D eigenvalue weighted by Crippen LogP contribution is 2.16. The number of hydrogen-bond acceptors (Lipinski definition) is 2. The van der Waals surface area contributed by atoms with E-state index in [0.717, 1.165) is 32.5 Å². The first-order valence-corrected chi connectivity index (χ1v) is 4.75. The molecule has 1 saturated heterocycles. The van der Waals surface area contributed by atoms with E-state index in [9.17, 15) is 4.79 Å². The summed E-state index contributed by atoms with van der Waals surface area (Å²) in [7, 11) is 0. The van der Waals surface area contributed by atoms with Crippen molar-refractivity contribution >= 4 is 18.3 Å². The minimum Gasteiger partial charge on any atom is -0.369 e. The molecular weight excluding hydrogens is 188 g/mol. The van der Waals surface area contributed by atoms with Gasteiger partial charge in [-0.2, -0.15) is 0 Å². The summed E-state index contributed by atoms with van der Waals surface area (Å²) in [6, 6.07) is 0. The molecule has 0 aromatic heterocycles. The van der Waals surface area contributed by atoms with Gasteiger partial charge < -0.3 is 10.6 Å². The molecule has 0 unspecified atom stereocenters. The Morgan fingerprint density at radius 1 is 1.46 bits per heavy atom. The van der Waals surface area contributed by atoms with E-state index in [-0.39, 0.29) is 24.2 Å². The molecule has 1 amide bonds. The van der Waals surface area contributed by atoms with Crippen LogP contribution in [0.25, 0.3) is 0 Å². The maximum absolute atomic E-state index is 10.8. The molecule has 0 aromatic carbocycles. The van der Waals surface area contributed by atoms with Gasteiger partial charge in [0.2, 0.25) is 5.91 Å². The van der Waals surface area contributed by atoms with Crippen LogP contribution in [-0.2, 0) is 4.79 Å². The van der Waals surface area contributed by atoms with Crippen LogP contribution in [0.2, 0.25) is 0 Å². The van der Waals surface area contributed by atoms with E-state index in [0.29, 0.717) is 0 Å². The lowest BCUT2D eigenvalue weighted by atomic mass is 9.96. The summed E-state index contributed by atoms with van der Waals surface area (Å²) < 4.78 is 0. The number of carbonyl (C=O) groups excluding carboxylic acids is 1. The largest absolute Gasteiger partial charge is 0.369 e. The number of halogens is 1. The monoisotopic (exact) mass is 206 g/mol. The number of primary amides is 1. The Morgan fingerprint density at radius 2 is 2.00 bits per heavy atom. The van der Waals surface area contributed by atoms with Crippen LogP contribution in [0.4, 0.5) is 0 Å². The smallest absolute Gasteiger partial charge is 0.220 e. The molecule has 0 radical (unpaired) electrons. The van der Waals surface area contributed by atoms with Crippen LogP contribution in [0.3, 0.4) is 0 Å². The average Bonchev–Trinajstić information content (AvgIpc) is 2.06. The summed E-state index contributed by atoms with van der Waals surface area (Å²) in [5, 5.41) is 0. The molecule has 1 aliphatic rings. The molecule has 0 aliphatic carbocycles. The molecule has 0 saturated carbocycles. The maximum atomic E-state index is 10.8. The van der Waals surface area contributed by atoms with Crippen molar-refractivity contribution in [3.05, 3.63) is 0 Å². The minimum absolute atomic E-state index is 0. The lowest BCUT2D eigenvalue weighted by Crippen LogP contribution is -2.38. The first-order valence-electron chi connectivity index (χ1n) is 4.75. The molecule has 78 valence electrons. The van der Waals surface area contributed by atoms with Crippen LogP contribution in [-0.4, -0.2) is 30.4 Å². The van der Waals surface area contributed by atoms with E-state index in [1.54, 1.807) is 0 Å². The van der Waals surface area contributed by atoms with E-state index in [1.807, 2.05) is 0 Å². The van der Waals surface area contributed by atoms with Crippen LogP contribution in [0.1, 0.15) is 26.2 Å². The summed E-state index contributed by atoms with van der Waals surface area (Å²) in [5.41, 5.74) is 5.23. The second-order valence-corrected chi connectivity index (χ2v) is 3.52. The molecule has 0 spiro atoms. The molecule has 3 nitrogen and oxygen atoms in total. The van der Waals surface area contributed by atoms with Gasteiger partial charge in [-0.25, -0.2) is 0 Å². The zero-order chi connectivity index (χ0) is 8.97. The van der Waals surface area contributed by atoms with Gasteiger partial charge >= 0.3 is 0 Å². The van der Waals surface area contributed by atoms with Gasteiger partial charge in [0.25, 0.3) is 0 Å². The Hall–Kier alpha value is -0.280. The average molecular weight is 207 g/mol. The molecule has 1 rings (SSSR count). The summed E-state index contributed by atoms with van der Waals surface area (Å²) in [6.45, 7) is 5.43. The van der Waals surface area contributed by atoms with Gasteiger partial charge in [0.1, 0.15) is 0 Å². The second-order valence-electron chi connectivity index (χ2n) is 3.52. The third-order valence-electron chi connectivity index (χ3n) is 2.53. The van der Waals surface area contributed by atoms with Gasteiger partial charge in [-0.05, 0) is 38.9 Å². The lowest BCUT2D eigenvalue weighted by molar-refractivity contribution is -0.123. The fraction of sp³-hybridized carbons (Fsp3) is 0.889. The quantitative estimate of drug-likeness (QED) is 0.750. The SMILES string of the molecule is CCCN1CCC(C(N)=O)CC1.Cl. The summed E-state index contributed by atoms with van der Waals surface area (Å²) in [5.74, 6) is 0.0178. The molecular formula is C9H19ClN2O. The molecule has 0 bridgehead atoms. The highest BCUT2D eigenvalue weighted by atomic mass is 35.5. The number of rotatable bonds is 3. The molecule has 0 aromatic rings. The molecule has 2 N–H and O–H groups in total. The van der Waals surface area contributed by atoms with Gasteiger partial charge in [-0.1, -0.05) is 6.92 Å². The van der Waals surface area contributed by atoms with Crippen LogP contribution >= 0.6 is 12.4 Å². The molecule has 1 heterocycles. The van der Waals surface area contributed by atoms with Crippen molar-refractivity contribution in [1.29, 1.82) is 0 Å². The molecule has 0 atom stereocenters. The number of piperidine rings is 1. The lowest BCUT2D eigenvalue weighted by Gasteiger charge is -2.29. The van der Waals surface area contributed by atoms with Crippen molar-refractivity contribution in [2.45, 2.75) is 26.2 Å². The van der Waals surface area contributed by atoms with Crippen molar-refractivity contribution in [3.8, 4) is 0 Å². The Bertz CT molecular complexity index is 156. The Kier molecular flexibility index (Phi) is 6.08. The van der Waals surface area contributed by atoms with Crippen molar-refractivity contribution in [1.82, 2.24) is 4.90 Å². The molecule has 1 fully saturated rings. The van der Waals surface area contributed by atoms with Crippen molar-refractivity contribution < 1.29 is 4.79 Å². The first-order chi connectivity index (χ1) is 5.74. The van der Waals surface area contributed by atoms with Crippen LogP contribution < -0.4 is 5.73 Å². The van der Waals surface area contributed by atoms with Gasteiger partial charge in [0.15, 0.2) is 0 Å². The van der Waals surface area contributed by atoms with Crippen molar-refractivity contribution in [3.63, 3.8) is 0 Å². The number of nitrogens with zero attached hydrogens (tertiary/aromatic N) is 1. The fourth-order valence-corrected chi connectivity index (χ4v) is 1.76. The number of likely N-dealkylation sites (tertiary alicyclic amines) is 1. The van der Waals surface area contributed by atoms with Crippen LogP contribution in [0, 0.1) is 5.92 Å². The topological polar surface area (TPSA) is 46.3 Å². The number of carbonyl (C=O) groups is 1. The molecule has 1 aliphatic heterocycles. The molecule has 13 heavy (non-hydrogen) atoms. The van der Waals surface area contributed by atoms with Gasteiger partial charge in [0.05, 0.1) is 0 Å². The van der Waals surface area contributed by atoms with E-state index in [1.165, 1.54) is 6.42 Å². The van der Waals surface area contributed by atoms with Crippen LogP contribution in [0.5, 0.6) is 0 Å². The number of hydrogen-bond donors (Lipinski definition) is 1. The Labute approximate surface area is 86.1 Å². The predicted octanol–water partition coefficient (Wildman–Crippen LogP) is 1.02. The van der Waals surface area contributed by atoms with E-state index < -0.39 is 0 Å². The van der Waals surface area contributed by atoms with E-state index in [4.69, 9.17) is 5.73 Å². The zero-order valence-electron chi connectivity index (χ0n) is 8.16. The standard InChI is InChI=1S/C9H18N2O.ClH/c1-2-5-11-6-3-8(4-7-11)9(10)12;/h8H,2-7H2,1H3,(H2,10,12);1H. The maximum Gasteiger partial charge on any atom is 0.220 e. The predicted molar refractivity (Wildman–Crippen MR) is 55.9 cm³/mol. The highest BCUT2D eigenvalue weighted by Gasteiger charge is 2.21. The third-order valence-corrected chi connectivity index (χ3v) is 2.53. The van der Waals surface area contributed by atoms with E-state index >= 15 is 0 Å². The van der Waals surface area contributed by atoms with Gasteiger partial charge in [-0.3, -0.25) is 4.79 Å². The Balaban J connectivity index is 0.00000144. The van der Waals surface area contributed by atoms with Crippen molar-refractivity contribution in [2.75, 3.05) is 19.6 Å². The summed E-state index contributed by atoms with van der Waals surface area (Å²) in [6.07, 6.45) is 3.10. The minimum atomic E-state index is -0.119. The zero-order valence-corrected chi connectivity index (χ0v) is 8.98. The van der Waals surface area contributed by atoms with Gasteiger partial charge in [-0.15, -0.1) is 12.4 Å². The van der Waals surface area contributed by atoms with Crippen molar-refractivity contribution in [2.24, 2.45) is 11.7 Å². The van der Waals surface area contributed by atoms with E-state index in [2.05, 4.69) is 11.8 Å². The Morgan fingerprint density at radius 3 is 2.38 bits per heavy atom. The number of amides is 1. The normalized spacial score (nSPS) is 19.5. The summed E-state index contributed by atoms with van der Waals surface area (Å²) in [4.78, 5) is 13.2. The summed E-state index contributed by atoms with van der Waals surface area (Å²) >= 11 is 0. The third kappa shape index (κ3) is 3.96. The molecule has 4 heteroatoms. The van der Waals surface area contributed by atoms with Gasteiger partial charge in [0, 0.05) is 5.92 Å². The van der Waals surface area contributed by atoms with Crippen LogP contribution in [0.15, 0.2) is 0 Å². The second kappa shape index (κ2) is 6.22. The fourth-order valence-electron chi connectivity index (χ4n) is 1.76. The number of nitrogens with two attached hydrogens (primary N) is 1. The highest BCUT2D eigenvalue weighted by molar-refractivity contribution is 5.85.